The quantitative estimate of drug-likeness (QED) is 0.588. The molecule has 3 N–H and O–H groups in total. The van der Waals surface area contributed by atoms with Gasteiger partial charge in [-0.1, -0.05) is 18.2 Å². The lowest BCUT2D eigenvalue weighted by molar-refractivity contribution is 0.313. The SMILES string of the molecule is C=c1c(-c2cc3c(N4CCN(C)CC4)cncc3[nH]2)n[nH]/c1=C/C=C(\C)C1CCNCC1. The molecular weight excluding hydrogens is 398 g/mol. The molecule has 0 aromatic carbocycles. The first kappa shape index (κ1) is 21.0. The van der Waals surface area contributed by atoms with Crippen LogP contribution < -0.4 is 20.8 Å². The Morgan fingerprint density at radius 2 is 1.94 bits per heavy atom. The number of nitrogens with zero attached hydrogens (tertiary/aromatic N) is 4. The molecule has 0 amide bonds. The number of aromatic nitrogens is 4. The van der Waals surface area contributed by atoms with Crippen LogP contribution in [0.5, 0.6) is 0 Å². The van der Waals surface area contributed by atoms with Gasteiger partial charge in [0.1, 0.15) is 5.69 Å². The van der Waals surface area contributed by atoms with Crippen LogP contribution in [0.4, 0.5) is 5.69 Å². The lowest BCUT2D eigenvalue weighted by atomic mass is 9.91. The molecule has 0 spiro atoms. The van der Waals surface area contributed by atoms with E-state index in [1.54, 1.807) is 0 Å². The molecule has 7 nitrogen and oxygen atoms in total. The number of piperazine rings is 1. The van der Waals surface area contributed by atoms with E-state index in [0.717, 1.165) is 66.7 Å². The molecule has 0 aliphatic carbocycles. The van der Waals surface area contributed by atoms with Gasteiger partial charge in [0.05, 0.1) is 34.6 Å². The second-order valence-electron chi connectivity index (χ2n) is 9.16. The van der Waals surface area contributed by atoms with Crippen molar-refractivity contribution in [3.05, 3.63) is 40.7 Å². The van der Waals surface area contributed by atoms with Crippen molar-refractivity contribution in [2.75, 3.05) is 51.2 Å². The van der Waals surface area contributed by atoms with Crippen LogP contribution in [-0.2, 0) is 0 Å². The van der Waals surface area contributed by atoms with Gasteiger partial charge in [-0.15, -0.1) is 0 Å². The van der Waals surface area contributed by atoms with Gasteiger partial charge in [0, 0.05) is 36.8 Å². The van der Waals surface area contributed by atoms with E-state index < -0.39 is 0 Å². The normalized spacial score (nSPS) is 19.9. The number of anilines is 1. The van der Waals surface area contributed by atoms with Gasteiger partial charge in [0.15, 0.2) is 0 Å². The van der Waals surface area contributed by atoms with Gasteiger partial charge in [0.25, 0.3) is 0 Å². The monoisotopic (exact) mass is 431 g/mol. The Labute approximate surface area is 188 Å². The minimum absolute atomic E-state index is 0.664. The van der Waals surface area contributed by atoms with Crippen molar-refractivity contribution < 1.29 is 0 Å². The van der Waals surface area contributed by atoms with E-state index in [4.69, 9.17) is 0 Å². The molecule has 0 atom stereocenters. The number of fused-ring (bicyclic) bond motifs is 1. The molecule has 0 radical (unpaired) electrons. The third-order valence-corrected chi connectivity index (χ3v) is 7.02. The highest BCUT2D eigenvalue weighted by atomic mass is 15.2. The molecule has 5 heterocycles. The van der Waals surface area contributed by atoms with Crippen LogP contribution in [0, 0.1) is 5.92 Å². The number of hydrogen-bond acceptors (Lipinski definition) is 5. The fourth-order valence-electron chi connectivity index (χ4n) is 4.83. The van der Waals surface area contributed by atoms with Crippen LogP contribution >= 0.6 is 0 Å². The van der Waals surface area contributed by atoms with Crippen molar-refractivity contribution in [1.82, 2.24) is 30.4 Å². The molecule has 0 saturated carbocycles. The zero-order valence-corrected chi connectivity index (χ0v) is 19.1. The van der Waals surface area contributed by atoms with E-state index in [1.165, 1.54) is 29.5 Å². The molecule has 2 fully saturated rings. The number of hydrogen-bond donors (Lipinski definition) is 3. The lowest BCUT2D eigenvalue weighted by Gasteiger charge is -2.34. The van der Waals surface area contributed by atoms with Gasteiger partial charge in [-0.3, -0.25) is 10.1 Å². The van der Waals surface area contributed by atoms with E-state index in [1.807, 2.05) is 12.4 Å². The average molecular weight is 432 g/mol. The molecule has 2 saturated heterocycles. The van der Waals surface area contributed by atoms with Crippen molar-refractivity contribution in [1.29, 1.82) is 0 Å². The van der Waals surface area contributed by atoms with E-state index in [9.17, 15) is 0 Å². The molecular formula is C25H33N7. The third kappa shape index (κ3) is 4.10. The van der Waals surface area contributed by atoms with E-state index in [-0.39, 0.29) is 0 Å². The zero-order valence-electron chi connectivity index (χ0n) is 19.1. The Balaban J connectivity index is 1.44. The molecule has 3 aromatic heterocycles. The molecule has 0 unspecified atom stereocenters. The maximum Gasteiger partial charge on any atom is 0.116 e. The van der Waals surface area contributed by atoms with E-state index >= 15 is 0 Å². The molecule has 2 aliphatic rings. The van der Waals surface area contributed by atoms with Crippen LogP contribution in [0.25, 0.3) is 34.9 Å². The van der Waals surface area contributed by atoms with E-state index in [2.05, 4.69) is 74.1 Å². The summed E-state index contributed by atoms with van der Waals surface area (Å²) in [7, 11) is 2.18. The zero-order chi connectivity index (χ0) is 22.1. The van der Waals surface area contributed by atoms with Gasteiger partial charge < -0.3 is 20.1 Å². The standard InChI is InChI=1S/C25H33N7/c1-17(19-6-8-26-9-7-19)4-5-21-18(2)25(30-29-21)22-14-20-23(28-22)15-27-16-24(20)32-12-10-31(3)11-13-32/h4-5,14-16,19,26,28-29H,2,6-13H2,1,3H3/b17-4+,21-5+. The Morgan fingerprint density at radius 1 is 1.16 bits per heavy atom. The summed E-state index contributed by atoms with van der Waals surface area (Å²) in [5.74, 6) is 0.664. The van der Waals surface area contributed by atoms with E-state index in [0.29, 0.717) is 5.92 Å². The molecule has 3 aromatic rings. The molecule has 168 valence electrons. The minimum atomic E-state index is 0.664. The van der Waals surface area contributed by atoms with Crippen molar-refractivity contribution in [3.8, 4) is 11.4 Å². The number of likely N-dealkylation sites (N-methyl/N-ethyl adjacent to an activating group) is 1. The minimum Gasteiger partial charge on any atom is -0.367 e. The van der Waals surface area contributed by atoms with Gasteiger partial charge >= 0.3 is 0 Å². The second-order valence-corrected chi connectivity index (χ2v) is 9.16. The average Bonchev–Trinajstić information content (AvgIpc) is 3.41. The van der Waals surface area contributed by atoms with Crippen molar-refractivity contribution >= 4 is 29.2 Å². The summed E-state index contributed by atoms with van der Waals surface area (Å²) in [6, 6.07) is 2.19. The Bertz CT molecular complexity index is 1220. The fraction of sp³-hybridized carbons (Fsp3) is 0.440. The summed E-state index contributed by atoms with van der Waals surface area (Å²) < 4.78 is 0. The number of allylic oxidation sites excluding steroid dienone is 2. The summed E-state index contributed by atoms with van der Waals surface area (Å²) in [5.41, 5.74) is 5.49. The summed E-state index contributed by atoms with van der Waals surface area (Å²) in [5, 5.41) is 14.3. The molecule has 32 heavy (non-hydrogen) atoms. The van der Waals surface area contributed by atoms with Gasteiger partial charge in [-0.25, -0.2) is 0 Å². The highest BCUT2D eigenvalue weighted by Gasteiger charge is 2.19. The second kappa shape index (κ2) is 8.92. The van der Waals surface area contributed by atoms with Crippen LogP contribution in [0.1, 0.15) is 19.8 Å². The van der Waals surface area contributed by atoms with Crippen molar-refractivity contribution in [3.63, 3.8) is 0 Å². The van der Waals surface area contributed by atoms with Crippen LogP contribution in [-0.4, -0.2) is 71.4 Å². The number of rotatable bonds is 4. The number of aromatic amines is 2. The van der Waals surface area contributed by atoms with Crippen LogP contribution in [0.15, 0.2) is 30.1 Å². The maximum absolute atomic E-state index is 4.59. The molecule has 7 heteroatoms. The third-order valence-electron chi connectivity index (χ3n) is 7.02. The van der Waals surface area contributed by atoms with Gasteiger partial charge in [0.2, 0.25) is 0 Å². The first-order chi connectivity index (χ1) is 15.6. The summed E-state index contributed by atoms with van der Waals surface area (Å²) >= 11 is 0. The molecule has 2 aliphatic heterocycles. The highest BCUT2D eigenvalue weighted by molar-refractivity contribution is 5.95. The lowest BCUT2D eigenvalue weighted by Crippen LogP contribution is -2.44. The van der Waals surface area contributed by atoms with Crippen molar-refractivity contribution in [2.24, 2.45) is 5.92 Å². The topological polar surface area (TPSA) is 75.9 Å². The summed E-state index contributed by atoms with van der Waals surface area (Å²) in [4.78, 5) is 12.8. The number of pyridine rings is 1. The first-order valence-corrected chi connectivity index (χ1v) is 11.6. The first-order valence-electron chi connectivity index (χ1n) is 11.6. The summed E-state index contributed by atoms with van der Waals surface area (Å²) in [6.45, 7) is 12.9. The molecule has 0 bridgehead atoms. The predicted octanol–water partition coefficient (Wildman–Crippen LogP) is 1.84. The number of nitrogens with one attached hydrogen (secondary N) is 3. The van der Waals surface area contributed by atoms with Gasteiger partial charge in [-0.2, -0.15) is 5.10 Å². The smallest absolute Gasteiger partial charge is 0.116 e. The molecule has 5 rings (SSSR count). The predicted molar refractivity (Wildman–Crippen MR) is 132 cm³/mol. The largest absolute Gasteiger partial charge is 0.367 e. The van der Waals surface area contributed by atoms with Crippen molar-refractivity contribution in [2.45, 2.75) is 19.8 Å². The Kier molecular flexibility index (Phi) is 5.85. The van der Waals surface area contributed by atoms with Crippen LogP contribution in [0.3, 0.4) is 0 Å². The number of piperidine rings is 1. The fourth-order valence-corrected chi connectivity index (χ4v) is 4.83. The van der Waals surface area contributed by atoms with Gasteiger partial charge in [-0.05, 0) is 58.0 Å². The maximum atomic E-state index is 4.59. The highest BCUT2D eigenvalue weighted by Crippen LogP contribution is 2.29. The summed E-state index contributed by atoms with van der Waals surface area (Å²) in [6.07, 6.45) is 10.6. The Morgan fingerprint density at radius 3 is 2.72 bits per heavy atom. The Hall–Kier alpha value is -2.90. The number of H-pyrrole nitrogens is 2. The van der Waals surface area contributed by atoms with Crippen LogP contribution in [0.2, 0.25) is 0 Å².